The van der Waals surface area contributed by atoms with E-state index < -0.39 is 11.7 Å². The Balaban J connectivity index is 0.00000676. The molecular formula is C19H33IN4O3. The molecule has 0 bridgehead atoms. The van der Waals surface area contributed by atoms with Crippen molar-refractivity contribution in [1.29, 1.82) is 0 Å². The number of nitrogens with one attached hydrogen (secondary N) is 3. The average Bonchev–Trinajstić information content (AvgIpc) is 2.57. The molecule has 0 atom stereocenters. The fourth-order valence-corrected chi connectivity index (χ4v) is 1.99. The van der Waals surface area contributed by atoms with E-state index in [-0.39, 0.29) is 24.0 Å². The maximum Gasteiger partial charge on any atom is 0.407 e. The number of hydrogen-bond acceptors (Lipinski definition) is 4. The number of carbonyl (C=O) groups excluding carboxylic acids is 1. The Hall–Kier alpha value is -1.55. The van der Waals surface area contributed by atoms with E-state index >= 15 is 0 Å². The third kappa shape index (κ3) is 14.2. The molecule has 1 rings (SSSR count). The predicted molar refractivity (Wildman–Crippen MR) is 120 cm³/mol. The molecular weight excluding hydrogens is 459 g/mol. The predicted octanol–water partition coefficient (Wildman–Crippen LogP) is 2.90. The Morgan fingerprint density at radius 1 is 1.07 bits per heavy atom. The number of alkyl carbamates (subject to hydrolysis) is 1. The number of halogens is 1. The largest absolute Gasteiger partial charge is 0.444 e. The lowest BCUT2D eigenvalue weighted by Gasteiger charge is -2.19. The summed E-state index contributed by atoms with van der Waals surface area (Å²) in [5, 5.41) is 9.02. The maximum absolute atomic E-state index is 11.6. The highest BCUT2D eigenvalue weighted by Gasteiger charge is 2.15. The molecule has 0 saturated carbocycles. The molecule has 3 N–H and O–H groups in total. The van der Waals surface area contributed by atoms with Gasteiger partial charge in [-0.2, -0.15) is 0 Å². The molecule has 0 unspecified atom stereocenters. The van der Waals surface area contributed by atoms with Crippen LogP contribution in [0.3, 0.4) is 0 Å². The van der Waals surface area contributed by atoms with Crippen molar-refractivity contribution >= 4 is 36.0 Å². The summed E-state index contributed by atoms with van der Waals surface area (Å²) in [7, 11) is 0. The second-order valence-electron chi connectivity index (χ2n) is 6.65. The van der Waals surface area contributed by atoms with E-state index in [4.69, 9.17) is 9.47 Å². The molecule has 0 aliphatic carbocycles. The first-order valence-electron chi connectivity index (χ1n) is 9.01. The van der Waals surface area contributed by atoms with Gasteiger partial charge in [-0.3, -0.25) is 4.99 Å². The highest BCUT2D eigenvalue weighted by Crippen LogP contribution is 2.06. The molecule has 1 aromatic rings. The molecule has 8 heteroatoms. The lowest BCUT2D eigenvalue weighted by molar-refractivity contribution is 0.0529. The highest BCUT2D eigenvalue weighted by atomic mass is 127. The Labute approximate surface area is 179 Å². The zero-order valence-electron chi connectivity index (χ0n) is 16.7. The maximum atomic E-state index is 11.6. The van der Waals surface area contributed by atoms with Crippen LogP contribution in [0, 0.1) is 0 Å². The summed E-state index contributed by atoms with van der Waals surface area (Å²) in [6.07, 6.45) is -0.421. The van der Waals surface area contributed by atoms with Crippen molar-refractivity contribution in [2.75, 3.05) is 32.8 Å². The standard InChI is InChI=1S/C19H32N4O3.HI/c1-5-20-17(21-11-12-23-18(24)26-19(2,3)4)22-13-14-25-15-16-9-7-6-8-10-16;/h6-10H,5,11-15H2,1-4H3,(H,23,24)(H2,20,21,22);1H. The van der Waals surface area contributed by atoms with Gasteiger partial charge in [0.2, 0.25) is 0 Å². The van der Waals surface area contributed by atoms with E-state index in [0.717, 1.165) is 12.1 Å². The SMILES string of the molecule is CCNC(=NCCOCc1ccccc1)NCCNC(=O)OC(C)(C)C.I. The number of hydrogen-bond donors (Lipinski definition) is 3. The summed E-state index contributed by atoms with van der Waals surface area (Å²) in [5.74, 6) is 0.696. The number of guanidine groups is 1. The monoisotopic (exact) mass is 492 g/mol. The smallest absolute Gasteiger partial charge is 0.407 e. The van der Waals surface area contributed by atoms with Gasteiger partial charge in [0.1, 0.15) is 5.60 Å². The number of nitrogens with zero attached hydrogens (tertiary/aromatic N) is 1. The number of carbonyl (C=O) groups is 1. The zero-order chi connectivity index (χ0) is 19.3. The molecule has 7 nitrogen and oxygen atoms in total. The van der Waals surface area contributed by atoms with E-state index in [1.807, 2.05) is 58.0 Å². The summed E-state index contributed by atoms with van der Waals surface area (Å²) in [6.45, 7) is 10.9. The fraction of sp³-hybridized carbons (Fsp3) is 0.579. The summed E-state index contributed by atoms with van der Waals surface area (Å²) < 4.78 is 10.8. The Kier molecular flexibility index (Phi) is 13.7. The van der Waals surface area contributed by atoms with Crippen molar-refractivity contribution in [2.45, 2.75) is 39.9 Å². The summed E-state index contributed by atoms with van der Waals surface area (Å²) in [6, 6.07) is 10.0. The molecule has 0 aliphatic rings. The average molecular weight is 492 g/mol. The molecule has 27 heavy (non-hydrogen) atoms. The van der Waals surface area contributed by atoms with Gasteiger partial charge in [0.15, 0.2) is 5.96 Å². The Morgan fingerprint density at radius 3 is 2.37 bits per heavy atom. The molecule has 0 spiro atoms. The van der Waals surface area contributed by atoms with Crippen molar-refractivity contribution in [3.05, 3.63) is 35.9 Å². The van der Waals surface area contributed by atoms with Crippen molar-refractivity contribution in [2.24, 2.45) is 4.99 Å². The highest BCUT2D eigenvalue weighted by molar-refractivity contribution is 14.0. The van der Waals surface area contributed by atoms with Gasteiger partial charge in [-0.1, -0.05) is 30.3 Å². The van der Waals surface area contributed by atoms with Crippen LogP contribution in [0.4, 0.5) is 4.79 Å². The van der Waals surface area contributed by atoms with Crippen LogP contribution in [0.2, 0.25) is 0 Å². The minimum absolute atomic E-state index is 0. The van der Waals surface area contributed by atoms with Gasteiger partial charge >= 0.3 is 6.09 Å². The van der Waals surface area contributed by atoms with Gasteiger partial charge in [-0.15, -0.1) is 24.0 Å². The van der Waals surface area contributed by atoms with Gasteiger partial charge in [0.05, 0.1) is 19.8 Å². The second kappa shape index (κ2) is 14.5. The first-order chi connectivity index (χ1) is 12.4. The van der Waals surface area contributed by atoms with E-state index in [1.54, 1.807) is 0 Å². The summed E-state index contributed by atoms with van der Waals surface area (Å²) in [4.78, 5) is 16.0. The van der Waals surface area contributed by atoms with Crippen LogP contribution in [0.25, 0.3) is 0 Å². The first kappa shape index (κ1) is 25.4. The molecule has 0 fully saturated rings. The van der Waals surface area contributed by atoms with E-state index in [9.17, 15) is 4.79 Å². The minimum atomic E-state index is -0.492. The van der Waals surface area contributed by atoms with Gasteiger partial charge in [0.25, 0.3) is 0 Å². The van der Waals surface area contributed by atoms with E-state index in [1.165, 1.54) is 0 Å². The molecule has 1 aromatic carbocycles. The molecule has 1 amide bonds. The third-order valence-corrected chi connectivity index (χ3v) is 3.05. The Morgan fingerprint density at radius 2 is 1.74 bits per heavy atom. The molecule has 0 aliphatic heterocycles. The van der Waals surface area contributed by atoms with Gasteiger partial charge in [0, 0.05) is 19.6 Å². The molecule has 0 heterocycles. The van der Waals surface area contributed by atoms with Crippen LogP contribution < -0.4 is 16.0 Å². The summed E-state index contributed by atoms with van der Waals surface area (Å²) >= 11 is 0. The first-order valence-corrected chi connectivity index (χ1v) is 9.01. The lowest BCUT2D eigenvalue weighted by atomic mass is 10.2. The number of benzene rings is 1. The van der Waals surface area contributed by atoms with Crippen LogP contribution in [-0.4, -0.2) is 50.4 Å². The van der Waals surface area contributed by atoms with Crippen molar-refractivity contribution < 1.29 is 14.3 Å². The van der Waals surface area contributed by atoms with Crippen molar-refractivity contribution in [3.8, 4) is 0 Å². The minimum Gasteiger partial charge on any atom is -0.444 e. The van der Waals surface area contributed by atoms with Crippen LogP contribution >= 0.6 is 24.0 Å². The van der Waals surface area contributed by atoms with Gasteiger partial charge < -0.3 is 25.4 Å². The van der Waals surface area contributed by atoms with Crippen LogP contribution in [-0.2, 0) is 16.1 Å². The fourth-order valence-electron chi connectivity index (χ4n) is 1.99. The molecule has 0 radical (unpaired) electrons. The number of ether oxygens (including phenoxy) is 2. The molecule has 154 valence electrons. The summed E-state index contributed by atoms with van der Waals surface area (Å²) in [5.41, 5.74) is 0.655. The lowest BCUT2D eigenvalue weighted by Crippen LogP contribution is -2.42. The Bertz CT molecular complexity index is 548. The third-order valence-electron chi connectivity index (χ3n) is 3.05. The molecule has 0 aromatic heterocycles. The van der Waals surface area contributed by atoms with Crippen LogP contribution in [0.1, 0.15) is 33.3 Å². The van der Waals surface area contributed by atoms with Crippen molar-refractivity contribution in [1.82, 2.24) is 16.0 Å². The molecule has 0 saturated heterocycles. The number of amides is 1. The second-order valence-corrected chi connectivity index (χ2v) is 6.65. The van der Waals surface area contributed by atoms with Crippen LogP contribution in [0.5, 0.6) is 0 Å². The van der Waals surface area contributed by atoms with Gasteiger partial charge in [-0.05, 0) is 33.3 Å². The quantitative estimate of drug-likeness (QED) is 0.214. The van der Waals surface area contributed by atoms with Crippen LogP contribution in [0.15, 0.2) is 35.3 Å². The van der Waals surface area contributed by atoms with E-state index in [0.29, 0.717) is 38.8 Å². The topological polar surface area (TPSA) is 84.0 Å². The van der Waals surface area contributed by atoms with Crippen molar-refractivity contribution in [3.63, 3.8) is 0 Å². The van der Waals surface area contributed by atoms with Gasteiger partial charge in [-0.25, -0.2) is 4.79 Å². The normalized spacial score (nSPS) is 11.3. The zero-order valence-corrected chi connectivity index (χ0v) is 19.0. The number of rotatable bonds is 9. The van der Waals surface area contributed by atoms with E-state index in [2.05, 4.69) is 20.9 Å². The number of aliphatic imine (C=N–C) groups is 1.